The SMILES string of the molecule is C=C(CO)C1(C)[n+]2cc(C#N)c3c(C)c(-c4c(C)cc(C)cc4C)sc3c2-c2cc(C(C)(C)C)c3ccccc3c2C1(C)CCOC. The van der Waals surface area contributed by atoms with Gasteiger partial charge in [-0.25, -0.2) is 0 Å². The monoisotopic (exact) mass is 643 g/mol. The summed E-state index contributed by atoms with van der Waals surface area (Å²) < 4.78 is 9.16. The second-order valence-electron chi connectivity index (χ2n) is 15.0. The lowest BCUT2D eigenvalue weighted by Crippen LogP contribution is -2.69. The molecule has 242 valence electrons. The molecule has 3 aromatic carbocycles. The maximum atomic E-state index is 10.9. The average Bonchev–Trinajstić information content (AvgIpc) is 3.36. The third-order valence-electron chi connectivity index (χ3n) is 11.1. The summed E-state index contributed by atoms with van der Waals surface area (Å²) in [5.41, 5.74) is 10.8. The van der Waals surface area contributed by atoms with Crippen molar-refractivity contribution >= 4 is 32.2 Å². The van der Waals surface area contributed by atoms with Crippen molar-refractivity contribution in [2.75, 3.05) is 20.3 Å². The van der Waals surface area contributed by atoms with Crippen LogP contribution in [-0.4, -0.2) is 25.4 Å². The van der Waals surface area contributed by atoms with Crippen LogP contribution in [0.2, 0.25) is 0 Å². The number of aliphatic hydroxyl groups excluding tert-OH is 1. The number of aliphatic hydroxyl groups is 1. The van der Waals surface area contributed by atoms with E-state index in [1.807, 2.05) is 6.20 Å². The lowest BCUT2D eigenvalue weighted by molar-refractivity contribution is -0.753. The van der Waals surface area contributed by atoms with Gasteiger partial charge in [0.1, 0.15) is 16.3 Å². The van der Waals surface area contributed by atoms with E-state index in [1.54, 1.807) is 18.4 Å². The predicted molar refractivity (Wildman–Crippen MR) is 196 cm³/mol. The summed E-state index contributed by atoms with van der Waals surface area (Å²) in [5, 5.41) is 25.1. The maximum absolute atomic E-state index is 10.9. The van der Waals surface area contributed by atoms with Gasteiger partial charge >= 0.3 is 0 Å². The molecule has 0 saturated heterocycles. The van der Waals surface area contributed by atoms with E-state index < -0.39 is 11.0 Å². The van der Waals surface area contributed by atoms with Crippen LogP contribution in [0.3, 0.4) is 0 Å². The van der Waals surface area contributed by atoms with E-state index in [-0.39, 0.29) is 12.0 Å². The molecule has 4 nitrogen and oxygen atoms in total. The Kier molecular flexibility index (Phi) is 8.03. The van der Waals surface area contributed by atoms with Gasteiger partial charge in [0.25, 0.3) is 0 Å². The molecule has 0 fully saturated rings. The Morgan fingerprint density at radius 1 is 1.04 bits per heavy atom. The summed E-state index contributed by atoms with van der Waals surface area (Å²) in [7, 11) is 1.75. The number of benzene rings is 3. The molecule has 2 aromatic heterocycles. The number of nitrogens with zero attached hydrogens (tertiary/aromatic N) is 2. The van der Waals surface area contributed by atoms with Gasteiger partial charge in [-0.3, -0.25) is 0 Å². The van der Waals surface area contributed by atoms with Crippen LogP contribution in [0.25, 0.3) is 42.6 Å². The van der Waals surface area contributed by atoms with E-state index in [9.17, 15) is 10.4 Å². The van der Waals surface area contributed by atoms with Gasteiger partial charge in [0, 0.05) is 36.5 Å². The first kappa shape index (κ1) is 33.1. The van der Waals surface area contributed by atoms with Crippen LogP contribution >= 0.6 is 11.3 Å². The molecule has 1 aliphatic heterocycles. The fraction of sp³-hybridized carbons (Fsp3) is 0.381. The summed E-state index contributed by atoms with van der Waals surface area (Å²) in [5.74, 6) is 0. The molecule has 1 aliphatic rings. The Hall–Kier alpha value is -3.82. The number of fused-ring (bicyclic) bond motifs is 7. The zero-order chi connectivity index (χ0) is 34.2. The minimum Gasteiger partial charge on any atom is -0.392 e. The Balaban J connectivity index is 1.90. The largest absolute Gasteiger partial charge is 0.392 e. The first-order chi connectivity index (χ1) is 22.1. The number of ether oxygens (including phenoxy) is 1. The summed E-state index contributed by atoms with van der Waals surface area (Å²) in [6.45, 7) is 24.9. The van der Waals surface area contributed by atoms with E-state index in [0.29, 0.717) is 24.2 Å². The van der Waals surface area contributed by atoms with Crippen molar-refractivity contribution in [1.82, 2.24) is 0 Å². The molecule has 0 aliphatic carbocycles. The molecule has 5 aromatic rings. The number of pyridine rings is 1. The van der Waals surface area contributed by atoms with Gasteiger partial charge < -0.3 is 9.84 Å². The second kappa shape index (κ2) is 11.4. The molecular formula is C42H47N2O2S+. The van der Waals surface area contributed by atoms with Crippen LogP contribution in [0.1, 0.15) is 80.0 Å². The molecule has 2 atom stereocenters. The molecule has 47 heavy (non-hydrogen) atoms. The zero-order valence-corrected chi connectivity index (χ0v) is 30.4. The van der Waals surface area contributed by atoms with Crippen LogP contribution in [-0.2, 0) is 21.1 Å². The normalized spacial score (nSPS) is 19.1. The first-order valence-corrected chi connectivity index (χ1v) is 17.3. The van der Waals surface area contributed by atoms with Crippen molar-refractivity contribution < 1.29 is 14.4 Å². The van der Waals surface area contributed by atoms with Crippen molar-refractivity contribution in [3.05, 3.63) is 99.8 Å². The van der Waals surface area contributed by atoms with E-state index in [1.165, 1.54) is 54.6 Å². The van der Waals surface area contributed by atoms with E-state index in [4.69, 9.17) is 4.74 Å². The topological polar surface area (TPSA) is 57.1 Å². The molecule has 0 saturated carbocycles. The lowest BCUT2D eigenvalue weighted by Gasteiger charge is -2.48. The molecule has 0 radical (unpaired) electrons. The molecule has 5 heteroatoms. The fourth-order valence-electron chi connectivity index (χ4n) is 8.51. The van der Waals surface area contributed by atoms with E-state index in [0.717, 1.165) is 21.3 Å². The minimum absolute atomic E-state index is 0.115. The number of rotatable bonds is 6. The Morgan fingerprint density at radius 3 is 2.26 bits per heavy atom. The van der Waals surface area contributed by atoms with Crippen LogP contribution in [0, 0.1) is 39.0 Å². The van der Waals surface area contributed by atoms with Crippen molar-refractivity contribution in [3.8, 4) is 27.8 Å². The Bertz CT molecular complexity index is 2140. The number of aromatic nitrogens is 1. The number of thiophene rings is 1. The van der Waals surface area contributed by atoms with Crippen molar-refractivity contribution in [3.63, 3.8) is 0 Å². The number of nitriles is 1. The van der Waals surface area contributed by atoms with Gasteiger partial charge in [-0.05, 0) is 96.7 Å². The van der Waals surface area contributed by atoms with E-state index in [2.05, 4.69) is 122 Å². The third kappa shape index (κ3) is 4.64. The van der Waals surface area contributed by atoms with Crippen LogP contribution in [0.5, 0.6) is 0 Å². The number of hydrogen-bond donors (Lipinski definition) is 1. The predicted octanol–water partition coefficient (Wildman–Crippen LogP) is 9.65. The van der Waals surface area contributed by atoms with Gasteiger partial charge in [-0.2, -0.15) is 9.83 Å². The third-order valence-corrected chi connectivity index (χ3v) is 12.4. The van der Waals surface area contributed by atoms with Gasteiger partial charge in [0.05, 0.1) is 17.6 Å². The Morgan fingerprint density at radius 2 is 1.68 bits per heavy atom. The molecule has 1 N–H and O–H groups in total. The van der Waals surface area contributed by atoms with Gasteiger partial charge in [0.15, 0.2) is 11.7 Å². The molecule has 0 bridgehead atoms. The summed E-state index contributed by atoms with van der Waals surface area (Å²) in [6.07, 6.45) is 2.74. The fourth-order valence-corrected chi connectivity index (χ4v) is 10.1. The van der Waals surface area contributed by atoms with Crippen molar-refractivity contribution in [2.24, 2.45) is 0 Å². The molecule has 0 amide bonds. The highest BCUT2D eigenvalue weighted by molar-refractivity contribution is 7.23. The van der Waals surface area contributed by atoms with Gasteiger partial charge in [-0.1, -0.05) is 69.3 Å². The van der Waals surface area contributed by atoms with Crippen LogP contribution < -0.4 is 4.57 Å². The highest BCUT2D eigenvalue weighted by Gasteiger charge is 2.61. The summed E-state index contributed by atoms with van der Waals surface area (Å²) in [4.78, 5) is 1.20. The minimum atomic E-state index is -0.776. The number of methoxy groups -OCH3 is 1. The summed E-state index contributed by atoms with van der Waals surface area (Å²) >= 11 is 1.79. The highest BCUT2D eigenvalue weighted by atomic mass is 32.1. The molecule has 0 spiro atoms. The van der Waals surface area contributed by atoms with Crippen LogP contribution in [0.4, 0.5) is 0 Å². The molecule has 3 heterocycles. The first-order valence-electron chi connectivity index (χ1n) is 16.5. The maximum Gasteiger partial charge on any atom is 0.231 e. The quantitative estimate of drug-likeness (QED) is 0.148. The second-order valence-corrected chi connectivity index (χ2v) is 16.0. The van der Waals surface area contributed by atoms with Gasteiger partial charge in [0.2, 0.25) is 5.69 Å². The molecule has 2 unspecified atom stereocenters. The number of aryl methyl sites for hydroxylation is 4. The number of hydrogen-bond acceptors (Lipinski definition) is 4. The summed E-state index contributed by atoms with van der Waals surface area (Å²) in [6, 6.07) is 18.3. The van der Waals surface area contributed by atoms with Gasteiger partial charge in [-0.15, -0.1) is 11.3 Å². The van der Waals surface area contributed by atoms with Crippen molar-refractivity contribution in [2.45, 2.75) is 85.1 Å². The smallest absolute Gasteiger partial charge is 0.231 e. The van der Waals surface area contributed by atoms with E-state index >= 15 is 0 Å². The Labute approximate surface area is 284 Å². The average molecular weight is 644 g/mol. The van der Waals surface area contributed by atoms with Crippen LogP contribution in [0.15, 0.2) is 60.8 Å². The molecule has 6 rings (SSSR count). The van der Waals surface area contributed by atoms with Crippen molar-refractivity contribution in [1.29, 1.82) is 5.26 Å². The lowest BCUT2D eigenvalue weighted by atomic mass is 9.57. The molecular weight excluding hydrogens is 597 g/mol. The standard InChI is InChI=1S/C42H47N2O2S/c1-24-18-25(2)34(26(3)19-24)38-28(5)35-29(21-43)22-44-37(39(35)47-38)32-20-33(40(6,7)8)30-14-12-13-15-31(30)36(32)41(9,16-17-46-11)42(44,10)27(4)23-45/h12-15,18-20,22,45H,4,16-17,23H2,1-3,5-11H3/q+1. The highest BCUT2D eigenvalue weighted by Crippen LogP contribution is 2.57. The zero-order valence-electron chi connectivity index (χ0n) is 29.6.